The molecule has 0 bridgehead atoms. The van der Waals surface area contributed by atoms with Crippen molar-refractivity contribution in [1.82, 2.24) is 14.6 Å². The van der Waals surface area contributed by atoms with E-state index in [-0.39, 0.29) is 5.95 Å². The molecule has 0 fully saturated rings. The van der Waals surface area contributed by atoms with Crippen LogP contribution in [0.3, 0.4) is 0 Å². The monoisotopic (exact) mass is 155 g/mol. The highest BCUT2D eigenvalue weighted by Gasteiger charge is 2.03. The summed E-state index contributed by atoms with van der Waals surface area (Å²) in [5, 5.41) is 5.61. The summed E-state index contributed by atoms with van der Waals surface area (Å²) in [5.74, 6) is 0.836. The number of hydrogen-bond donors (Lipinski definition) is 2. The molecule has 0 aliphatic heterocycles. The number of nitrogens with two attached hydrogens (primary N) is 2. The lowest BCUT2D eigenvalue weighted by molar-refractivity contribution is 0.996. The Hall–Kier alpha value is -1.30. The molecule has 0 spiro atoms. The maximum absolute atomic E-state index is 5.50. The van der Waals surface area contributed by atoms with Crippen LogP contribution in [-0.4, -0.2) is 14.6 Å². The first-order valence-corrected chi connectivity index (χ1v) is 3.50. The standard InChI is InChI=1S/C4H5N5S/c5-2-1-10-4-7-3(6)8-9(2)4/h1H,5H2,(H2,6,8). The zero-order chi connectivity index (χ0) is 7.14. The average Bonchev–Trinajstić information content (AvgIpc) is 2.35. The van der Waals surface area contributed by atoms with Crippen LogP contribution in [0.25, 0.3) is 4.96 Å². The van der Waals surface area contributed by atoms with Crippen LogP contribution >= 0.6 is 11.3 Å². The fourth-order valence-electron chi connectivity index (χ4n) is 0.720. The minimum Gasteiger partial charge on any atom is -0.383 e. The second kappa shape index (κ2) is 1.60. The van der Waals surface area contributed by atoms with Crippen LogP contribution in [0.1, 0.15) is 0 Å². The summed E-state index contributed by atoms with van der Waals surface area (Å²) in [6.07, 6.45) is 0. The van der Waals surface area contributed by atoms with E-state index in [0.29, 0.717) is 5.82 Å². The van der Waals surface area contributed by atoms with Crippen molar-refractivity contribution in [2.75, 3.05) is 11.5 Å². The first kappa shape index (κ1) is 5.48. The van der Waals surface area contributed by atoms with E-state index in [9.17, 15) is 0 Å². The molecule has 2 aromatic rings. The van der Waals surface area contributed by atoms with Crippen molar-refractivity contribution in [3.05, 3.63) is 5.38 Å². The van der Waals surface area contributed by atoms with E-state index in [2.05, 4.69) is 10.1 Å². The van der Waals surface area contributed by atoms with Gasteiger partial charge in [0.2, 0.25) is 10.9 Å². The molecule has 0 aromatic carbocycles. The highest BCUT2D eigenvalue weighted by atomic mass is 32.1. The molecular weight excluding hydrogens is 150 g/mol. The molecule has 2 rings (SSSR count). The Kier molecular flexibility index (Phi) is 0.877. The van der Waals surface area contributed by atoms with Gasteiger partial charge in [-0.3, -0.25) is 0 Å². The molecule has 2 heterocycles. The summed E-state index contributed by atoms with van der Waals surface area (Å²) in [4.78, 5) is 4.63. The van der Waals surface area contributed by atoms with Crippen molar-refractivity contribution in [3.63, 3.8) is 0 Å². The van der Waals surface area contributed by atoms with Crippen LogP contribution in [0.4, 0.5) is 11.8 Å². The topological polar surface area (TPSA) is 82.2 Å². The molecule has 0 atom stereocenters. The van der Waals surface area contributed by atoms with E-state index in [1.165, 1.54) is 15.9 Å². The highest BCUT2D eigenvalue weighted by Crippen LogP contribution is 2.15. The molecule has 2 aromatic heterocycles. The van der Waals surface area contributed by atoms with Gasteiger partial charge in [-0.05, 0) is 0 Å². The molecule has 0 aliphatic rings. The number of nitrogens with zero attached hydrogens (tertiary/aromatic N) is 3. The van der Waals surface area contributed by atoms with Crippen molar-refractivity contribution in [2.45, 2.75) is 0 Å². The van der Waals surface area contributed by atoms with Crippen molar-refractivity contribution in [2.24, 2.45) is 0 Å². The number of rotatable bonds is 0. The van der Waals surface area contributed by atoms with Gasteiger partial charge in [0.1, 0.15) is 5.82 Å². The van der Waals surface area contributed by atoms with E-state index in [4.69, 9.17) is 11.5 Å². The highest BCUT2D eigenvalue weighted by molar-refractivity contribution is 7.15. The third-order valence-corrected chi connectivity index (χ3v) is 1.96. The zero-order valence-electron chi connectivity index (χ0n) is 4.98. The van der Waals surface area contributed by atoms with Crippen molar-refractivity contribution >= 4 is 28.1 Å². The summed E-state index contributed by atoms with van der Waals surface area (Å²) < 4.78 is 1.51. The molecule has 6 heteroatoms. The van der Waals surface area contributed by atoms with Crippen molar-refractivity contribution in [3.8, 4) is 0 Å². The van der Waals surface area contributed by atoms with Gasteiger partial charge in [0, 0.05) is 5.38 Å². The Morgan fingerprint density at radius 2 is 2.30 bits per heavy atom. The van der Waals surface area contributed by atoms with E-state index >= 15 is 0 Å². The Morgan fingerprint density at radius 3 is 3.00 bits per heavy atom. The number of fused-ring (bicyclic) bond motifs is 1. The summed E-state index contributed by atoms with van der Waals surface area (Å²) in [5.41, 5.74) is 10.8. The van der Waals surface area contributed by atoms with E-state index < -0.39 is 0 Å². The average molecular weight is 155 g/mol. The van der Waals surface area contributed by atoms with Crippen LogP contribution in [0.2, 0.25) is 0 Å². The van der Waals surface area contributed by atoms with Gasteiger partial charge in [-0.1, -0.05) is 0 Å². The van der Waals surface area contributed by atoms with Crippen LogP contribution < -0.4 is 11.5 Å². The van der Waals surface area contributed by atoms with Crippen LogP contribution in [-0.2, 0) is 0 Å². The van der Waals surface area contributed by atoms with Gasteiger partial charge in [-0.25, -0.2) is 0 Å². The SMILES string of the molecule is Nc1nc2scc(N)n2n1. The Balaban J connectivity index is 2.90. The lowest BCUT2D eigenvalue weighted by atomic mass is 10.8. The number of aromatic nitrogens is 3. The summed E-state index contributed by atoms with van der Waals surface area (Å²) in [6.45, 7) is 0. The second-order valence-electron chi connectivity index (χ2n) is 1.82. The minimum absolute atomic E-state index is 0.263. The van der Waals surface area contributed by atoms with Gasteiger partial charge in [0.05, 0.1) is 0 Å². The van der Waals surface area contributed by atoms with E-state index in [1.807, 2.05) is 0 Å². The smallest absolute Gasteiger partial charge is 0.241 e. The molecule has 4 N–H and O–H groups in total. The van der Waals surface area contributed by atoms with Gasteiger partial charge in [-0.2, -0.15) is 9.50 Å². The molecule has 0 aliphatic carbocycles. The van der Waals surface area contributed by atoms with Gasteiger partial charge in [0.15, 0.2) is 0 Å². The third kappa shape index (κ3) is 0.561. The predicted molar refractivity (Wildman–Crippen MR) is 39.7 cm³/mol. The molecule has 0 saturated heterocycles. The van der Waals surface area contributed by atoms with Crippen LogP contribution in [0.5, 0.6) is 0 Å². The molecule has 10 heavy (non-hydrogen) atoms. The second-order valence-corrected chi connectivity index (χ2v) is 2.66. The third-order valence-electron chi connectivity index (χ3n) is 1.12. The largest absolute Gasteiger partial charge is 0.383 e. The van der Waals surface area contributed by atoms with Crippen molar-refractivity contribution < 1.29 is 0 Å². The maximum atomic E-state index is 5.50. The lowest BCUT2D eigenvalue weighted by Gasteiger charge is -1.81. The fraction of sp³-hybridized carbons (Fsp3) is 0. The maximum Gasteiger partial charge on any atom is 0.241 e. The summed E-state index contributed by atoms with van der Waals surface area (Å²) in [6, 6.07) is 0. The first-order valence-electron chi connectivity index (χ1n) is 2.62. The Labute approximate surface area is 60.3 Å². The summed E-state index contributed by atoms with van der Waals surface area (Å²) >= 11 is 1.42. The van der Waals surface area contributed by atoms with E-state index in [0.717, 1.165) is 4.96 Å². The zero-order valence-corrected chi connectivity index (χ0v) is 5.80. The Morgan fingerprint density at radius 1 is 1.50 bits per heavy atom. The number of nitrogen functional groups attached to an aromatic ring is 2. The fourth-order valence-corrected chi connectivity index (χ4v) is 1.44. The van der Waals surface area contributed by atoms with Gasteiger partial charge in [0.25, 0.3) is 0 Å². The van der Waals surface area contributed by atoms with Gasteiger partial charge in [-0.15, -0.1) is 16.4 Å². The molecule has 0 saturated carbocycles. The molecule has 5 nitrogen and oxygen atoms in total. The predicted octanol–water partition coefficient (Wildman–Crippen LogP) is -0.0448. The van der Waals surface area contributed by atoms with E-state index in [1.54, 1.807) is 5.38 Å². The Bertz CT molecular complexity index is 360. The van der Waals surface area contributed by atoms with Crippen LogP contribution in [0.15, 0.2) is 5.38 Å². The number of hydrogen-bond acceptors (Lipinski definition) is 5. The number of anilines is 2. The molecule has 0 unspecified atom stereocenters. The molecule has 0 amide bonds. The summed E-state index contributed by atoms with van der Waals surface area (Å²) in [7, 11) is 0. The molecule has 52 valence electrons. The molecule has 0 radical (unpaired) electrons. The van der Waals surface area contributed by atoms with Gasteiger partial charge >= 0.3 is 0 Å². The minimum atomic E-state index is 0.263. The normalized spacial score (nSPS) is 10.8. The molecular formula is C4H5N5S. The first-order chi connectivity index (χ1) is 4.77. The lowest BCUT2D eigenvalue weighted by Crippen LogP contribution is -1.93. The van der Waals surface area contributed by atoms with Gasteiger partial charge < -0.3 is 11.5 Å². The number of thiazole rings is 1. The quantitative estimate of drug-likeness (QED) is 0.559. The van der Waals surface area contributed by atoms with Crippen LogP contribution in [0, 0.1) is 0 Å². The van der Waals surface area contributed by atoms with Crippen molar-refractivity contribution in [1.29, 1.82) is 0 Å².